The summed E-state index contributed by atoms with van der Waals surface area (Å²) in [5.74, 6) is -1.22. The fourth-order valence-corrected chi connectivity index (χ4v) is 2.18. The Bertz CT molecular complexity index is 653. The van der Waals surface area contributed by atoms with Crippen LogP contribution in [0.1, 0.15) is 32.7 Å². The summed E-state index contributed by atoms with van der Waals surface area (Å²) in [6, 6.07) is 16.0. The lowest BCUT2D eigenvalue weighted by Gasteiger charge is -2.07. The van der Waals surface area contributed by atoms with E-state index in [1.807, 2.05) is 18.2 Å². The predicted molar refractivity (Wildman–Crippen MR) is 91.3 cm³/mol. The van der Waals surface area contributed by atoms with E-state index in [0.29, 0.717) is 25.3 Å². The minimum atomic E-state index is -1.00. The standard InChI is InChI=1S/C19H21NO4/c21-18(16-7-9-17(10-8-16)19(22)23)20-12-4-13-24-14-11-15-5-2-1-3-6-15/h1-3,5-10H,4,11-14H2,(H,20,21)(H,22,23). The Morgan fingerprint density at radius 1 is 0.917 bits per heavy atom. The Kier molecular flexibility index (Phi) is 6.98. The van der Waals surface area contributed by atoms with Crippen molar-refractivity contribution >= 4 is 11.9 Å². The molecular weight excluding hydrogens is 306 g/mol. The number of carbonyl (C=O) groups excluding carboxylic acids is 1. The molecule has 0 aromatic heterocycles. The first-order valence-electron chi connectivity index (χ1n) is 7.90. The molecule has 126 valence electrons. The lowest BCUT2D eigenvalue weighted by atomic mass is 10.1. The second-order valence-electron chi connectivity index (χ2n) is 5.34. The van der Waals surface area contributed by atoms with Crippen molar-refractivity contribution in [3.05, 3.63) is 71.3 Å². The van der Waals surface area contributed by atoms with Gasteiger partial charge in [0.15, 0.2) is 0 Å². The molecule has 2 aromatic carbocycles. The second-order valence-corrected chi connectivity index (χ2v) is 5.34. The van der Waals surface area contributed by atoms with Crippen LogP contribution in [0.15, 0.2) is 54.6 Å². The van der Waals surface area contributed by atoms with Crippen LogP contribution >= 0.6 is 0 Å². The molecule has 0 saturated carbocycles. The molecule has 5 nitrogen and oxygen atoms in total. The van der Waals surface area contributed by atoms with Gasteiger partial charge in [-0.3, -0.25) is 4.79 Å². The summed E-state index contributed by atoms with van der Waals surface area (Å²) in [6.45, 7) is 1.77. The van der Waals surface area contributed by atoms with Gasteiger partial charge in [0.1, 0.15) is 0 Å². The van der Waals surface area contributed by atoms with Crippen LogP contribution in [-0.2, 0) is 11.2 Å². The number of aromatic carboxylic acids is 1. The van der Waals surface area contributed by atoms with E-state index in [0.717, 1.165) is 12.8 Å². The smallest absolute Gasteiger partial charge is 0.335 e. The minimum Gasteiger partial charge on any atom is -0.478 e. The number of ether oxygens (including phenoxy) is 1. The Morgan fingerprint density at radius 3 is 2.25 bits per heavy atom. The number of nitrogens with one attached hydrogen (secondary N) is 1. The molecule has 0 spiro atoms. The normalized spacial score (nSPS) is 10.3. The summed E-state index contributed by atoms with van der Waals surface area (Å²) in [6.07, 6.45) is 1.61. The van der Waals surface area contributed by atoms with Gasteiger partial charge in [-0.25, -0.2) is 4.79 Å². The van der Waals surface area contributed by atoms with Gasteiger partial charge in [-0.15, -0.1) is 0 Å². The Morgan fingerprint density at radius 2 is 1.58 bits per heavy atom. The molecule has 0 radical (unpaired) electrons. The van der Waals surface area contributed by atoms with E-state index < -0.39 is 5.97 Å². The lowest BCUT2D eigenvalue weighted by molar-refractivity contribution is 0.0696. The van der Waals surface area contributed by atoms with Crippen molar-refractivity contribution in [2.45, 2.75) is 12.8 Å². The maximum Gasteiger partial charge on any atom is 0.335 e. The van der Waals surface area contributed by atoms with Crippen LogP contribution in [0.4, 0.5) is 0 Å². The molecular formula is C19H21NO4. The average molecular weight is 327 g/mol. The van der Waals surface area contributed by atoms with Crippen molar-refractivity contribution < 1.29 is 19.4 Å². The van der Waals surface area contributed by atoms with E-state index >= 15 is 0 Å². The maximum atomic E-state index is 11.9. The highest BCUT2D eigenvalue weighted by molar-refractivity contribution is 5.95. The van der Waals surface area contributed by atoms with Crippen molar-refractivity contribution in [2.75, 3.05) is 19.8 Å². The number of hydrogen-bond acceptors (Lipinski definition) is 3. The van der Waals surface area contributed by atoms with E-state index in [1.165, 1.54) is 29.8 Å². The van der Waals surface area contributed by atoms with E-state index in [2.05, 4.69) is 17.4 Å². The highest BCUT2D eigenvalue weighted by Gasteiger charge is 2.07. The molecule has 1 amide bonds. The van der Waals surface area contributed by atoms with Gasteiger partial charge in [-0.1, -0.05) is 30.3 Å². The molecule has 2 aromatic rings. The number of hydrogen-bond donors (Lipinski definition) is 2. The lowest BCUT2D eigenvalue weighted by Crippen LogP contribution is -2.25. The SMILES string of the molecule is O=C(O)c1ccc(C(=O)NCCCOCCc2ccccc2)cc1. The molecule has 0 aliphatic carbocycles. The van der Waals surface area contributed by atoms with Crippen LogP contribution < -0.4 is 5.32 Å². The third kappa shape index (κ3) is 5.85. The average Bonchev–Trinajstić information content (AvgIpc) is 2.61. The highest BCUT2D eigenvalue weighted by Crippen LogP contribution is 2.04. The topological polar surface area (TPSA) is 75.6 Å². The fourth-order valence-electron chi connectivity index (χ4n) is 2.18. The molecule has 0 aliphatic rings. The molecule has 24 heavy (non-hydrogen) atoms. The number of carbonyl (C=O) groups is 2. The van der Waals surface area contributed by atoms with Crippen LogP contribution in [0.2, 0.25) is 0 Å². The first-order chi connectivity index (χ1) is 11.7. The van der Waals surface area contributed by atoms with Gasteiger partial charge >= 0.3 is 5.97 Å². The van der Waals surface area contributed by atoms with E-state index in [-0.39, 0.29) is 11.5 Å². The molecule has 5 heteroatoms. The summed E-state index contributed by atoms with van der Waals surface area (Å²) >= 11 is 0. The first kappa shape index (κ1) is 17.7. The van der Waals surface area contributed by atoms with Crippen LogP contribution in [0.5, 0.6) is 0 Å². The van der Waals surface area contributed by atoms with Gasteiger partial charge in [-0.05, 0) is 42.7 Å². The molecule has 0 bridgehead atoms. The molecule has 2 N–H and O–H groups in total. The molecule has 0 unspecified atom stereocenters. The van der Waals surface area contributed by atoms with Crippen molar-refractivity contribution in [1.29, 1.82) is 0 Å². The Balaban J connectivity index is 1.58. The summed E-state index contributed by atoms with van der Waals surface area (Å²) in [5, 5.41) is 11.6. The van der Waals surface area contributed by atoms with Gasteiger partial charge < -0.3 is 15.2 Å². The highest BCUT2D eigenvalue weighted by atomic mass is 16.5. The number of carboxylic acid groups (broad SMARTS) is 1. The van der Waals surface area contributed by atoms with Gasteiger partial charge in [0, 0.05) is 18.7 Å². The van der Waals surface area contributed by atoms with Crippen molar-refractivity contribution in [2.24, 2.45) is 0 Å². The maximum absolute atomic E-state index is 11.9. The zero-order valence-electron chi connectivity index (χ0n) is 13.4. The molecule has 0 heterocycles. The summed E-state index contributed by atoms with van der Waals surface area (Å²) in [5.41, 5.74) is 1.86. The zero-order chi connectivity index (χ0) is 17.2. The van der Waals surface area contributed by atoms with E-state index in [9.17, 15) is 9.59 Å². The van der Waals surface area contributed by atoms with Crippen LogP contribution in [0, 0.1) is 0 Å². The summed E-state index contributed by atoms with van der Waals surface area (Å²) < 4.78 is 5.55. The Labute approximate surface area is 141 Å². The van der Waals surface area contributed by atoms with Gasteiger partial charge in [0.25, 0.3) is 5.91 Å². The fraction of sp³-hybridized carbons (Fsp3) is 0.263. The molecule has 0 fully saturated rings. The predicted octanol–water partition coefficient (Wildman–Crippen LogP) is 2.76. The molecule has 2 rings (SSSR count). The summed E-state index contributed by atoms with van der Waals surface area (Å²) in [4.78, 5) is 22.7. The van der Waals surface area contributed by atoms with E-state index in [4.69, 9.17) is 9.84 Å². The van der Waals surface area contributed by atoms with Crippen LogP contribution in [-0.4, -0.2) is 36.7 Å². The molecule has 0 atom stereocenters. The molecule has 0 saturated heterocycles. The monoisotopic (exact) mass is 327 g/mol. The quantitative estimate of drug-likeness (QED) is 0.695. The van der Waals surface area contributed by atoms with Gasteiger partial charge in [-0.2, -0.15) is 0 Å². The van der Waals surface area contributed by atoms with Crippen molar-refractivity contribution in [1.82, 2.24) is 5.32 Å². The van der Waals surface area contributed by atoms with Crippen molar-refractivity contribution in [3.63, 3.8) is 0 Å². The zero-order valence-corrected chi connectivity index (χ0v) is 13.4. The number of rotatable bonds is 9. The largest absolute Gasteiger partial charge is 0.478 e. The third-order valence-electron chi connectivity index (χ3n) is 3.52. The number of amides is 1. The minimum absolute atomic E-state index is 0.165. The van der Waals surface area contributed by atoms with Crippen LogP contribution in [0.25, 0.3) is 0 Å². The third-order valence-corrected chi connectivity index (χ3v) is 3.52. The Hall–Kier alpha value is -2.66. The van der Waals surface area contributed by atoms with Crippen molar-refractivity contribution in [3.8, 4) is 0 Å². The number of benzene rings is 2. The van der Waals surface area contributed by atoms with E-state index in [1.54, 1.807) is 0 Å². The van der Waals surface area contributed by atoms with Gasteiger partial charge in [0.2, 0.25) is 0 Å². The number of carboxylic acids is 1. The second kappa shape index (κ2) is 9.47. The molecule has 0 aliphatic heterocycles. The first-order valence-corrected chi connectivity index (χ1v) is 7.90. The van der Waals surface area contributed by atoms with Crippen LogP contribution in [0.3, 0.4) is 0 Å². The van der Waals surface area contributed by atoms with Gasteiger partial charge in [0.05, 0.1) is 12.2 Å². The summed E-state index contributed by atoms with van der Waals surface area (Å²) in [7, 11) is 0.